The van der Waals surface area contributed by atoms with E-state index < -0.39 is 0 Å². The maximum Gasteiger partial charge on any atom is 0.227 e. The van der Waals surface area contributed by atoms with Crippen LogP contribution in [0, 0.1) is 0 Å². The first-order valence-corrected chi connectivity index (χ1v) is 13.4. The average molecular weight is 499 g/mol. The first-order chi connectivity index (χ1) is 18.1. The highest BCUT2D eigenvalue weighted by atomic mass is 16.3. The fourth-order valence-corrected chi connectivity index (χ4v) is 5.66. The predicted molar refractivity (Wildman–Crippen MR) is 145 cm³/mol. The van der Waals surface area contributed by atoms with Crippen LogP contribution in [0.15, 0.2) is 48.9 Å². The Labute approximate surface area is 216 Å². The van der Waals surface area contributed by atoms with Crippen LogP contribution >= 0.6 is 0 Å². The molecule has 0 radical (unpaired) electrons. The lowest BCUT2D eigenvalue weighted by molar-refractivity contribution is 0.408. The zero-order chi connectivity index (χ0) is 25.2. The second-order valence-electron chi connectivity index (χ2n) is 10.3. The first-order valence-electron chi connectivity index (χ1n) is 13.4. The van der Waals surface area contributed by atoms with E-state index in [9.17, 15) is 5.11 Å². The molecule has 3 aromatic heterocycles. The van der Waals surface area contributed by atoms with Crippen LogP contribution < -0.4 is 16.4 Å². The molecule has 2 aliphatic rings. The molecular weight excluding hydrogens is 464 g/mol. The summed E-state index contributed by atoms with van der Waals surface area (Å²) in [7, 11) is 0. The molecule has 0 saturated heterocycles. The molecule has 0 aliphatic heterocycles. The minimum atomic E-state index is 0.223. The van der Waals surface area contributed by atoms with E-state index >= 15 is 0 Å². The molecule has 4 aromatic rings. The van der Waals surface area contributed by atoms with Gasteiger partial charge in [-0.05, 0) is 62.3 Å². The number of nitrogens with one attached hydrogen (secondary N) is 2. The molecular formula is C28H34N8O. The number of fused-ring (bicyclic) bond motifs is 1. The van der Waals surface area contributed by atoms with Gasteiger partial charge in [0.2, 0.25) is 5.95 Å². The van der Waals surface area contributed by atoms with Crippen molar-refractivity contribution in [2.75, 3.05) is 10.6 Å². The third kappa shape index (κ3) is 5.09. The number of hydrogen-bond donors (Lipinski definition) is 4. The number of nitrogens with two attached hydrogens (primary N) is 1. The van der Waals surface area contributed by atoms with Gasteiger partial charge in [-0.15, -0.1) is 0 Å². The number of aromatic nitrogens is 5. The molecule has 37 heavy (non-hydrogen) atoms. The number of anilines is 2. The van der Waals surface area contributed by atoms with E-state index in [-0.39, 0.29) is 17.8 Å². The Bertz CT molecular complexity index is 1360. The number of aromatic hydroxyl groups is 1. The van der Waals surface area contributed by atoms with Gasteiger partial charge in [-0.2, -0.15) is 9.97 Å². The number of imidazole rings is 1. The Balaban J connectivity index is 1.26. The Morgan fingerprint density at radius 1 is 0.973 bits per heavy atom. The molecule has 9 heteroatoms. The number of phenols is 1. The Morgan fingerprint density at radius 2 is 1.84 bits per heavy atom. The summed E-state index contributed by atoms with van der Waals surface area (Å²) in [5.74, 6) is 1.57. The molecule has 2 unspecified atom stereocenters. The molecule has 2 saturated carbocycles. The number of rotatable bonds is 7. The summed E-state index contributed by atoms with van der Waals surface area (Å²) in [6, 6.07) is 12.1. The number of phenolic OH excluding ortho intramolecular Hbond substituents is 1. The Morgan fingerprint density at radius 3 is 2.62 bits per heavy atom. The zero-order valence-electron chi connectivity index (χ0n) is 21.0. The van der Waals surface area contributed by atoms with Gasteiger partial charge in [-0.1, -0.05) is 31.0 Å². The Kier molecular flexibility index (Phi) is 6.61. The third-order valence-electron chi connectivity index (χ3n) is 7.65. The van der Waals surface area contributed by atoms with Crippen LogP contribution in [-0.4, -0.2) is 41.7 Å². The van der Waals surface area contributed by atoms with Crippen LogP contribution in [0.4, 0.5) is 11.8 Å². The topological polar surface area (TPSA) is 127 Å². The molecule has 6 rings (SSSR count). The molecule has 3 heterocycles. The lowest BCUT2D eigenvalue weighted by Gasteiger charge is -2.27. The summed E-state index contributed by atoms with van der Waals surface area (Å²) in [5, 5.41) is 17.2. The van der Waals surface area contributed by atoms with Crippen LogP contribution in [0.3, 0.4) is 0 Å². The fraction of sp³-hybridized carbons (Fsp3) is 0.429. The van der Waals surface area contributed by atoms with Gasteiger partial charge in [-0.25, -0.2) is 4.98 Å². The molecule has 9 nitrogen and oxygen atoms in total. The lowest BCUT2D eigenvalue weighted by atomic mass is 9.92. The second kappa shape index (κ2) is 10.3. The highest BCUT2D eigenvalue weighted by molar-refractivity contribution is 5.84. The molecule has 0 spiro atoms. The third-order valence-corrected chi connectivity index (χ3v) is 7.65. The SMILES string of the molecule is NC1CCCC(Nc2nc(NCc3ccc(-c4ccccc4O)nc3)c3ncn(C4CCCC4)c3n2)C1. The van der Waals surface area contributed by atoms with E-state index in [0.29, 0.717) is 24.4 Å². The molecule has 5 N–H and O–H groups in total. The number of para-hydroxylation sites is 1. The first kappa shape index (κ1) is 23.7. The predicted octanol–water partition coefficient (Wildman–Crippen LogP) is 5.00. The van der Waals surface area contributed by atoms with E-state index in [4.69, 9.17) is 20.7 Å². The molecule has 192 valence electrons. The van der Waals surface area contributed by atoms with Gasteiger partial charge in [0.25, 0.3) is 0 Å². The zero-order valence-corrected chi connectivity index (χ0v) is 21.0. The van der Waals surface area contributed by atoms with Crippen molar-refractivity contribution in [1.82, 2.24) is 24.5 Å². The molecule has 1 aromatic carbocycles. The summed E-state index contributed by atoms with van der Waals surface area (Å²) in [6.45, 7) is 0.546. The normalized spacial score (nSPS) is 20.4. The average Bonchev–Trinajstić information content (AvgIpc) is 3.58. The van der Waals surface area contributed by atoms with Crippen LogP contribution in [0.1, 0.15) is 63.0 Å². The monoisotopic (exact) mass is 498 g/mol. The Hall–Kier alpha value is -3.72. The number of pyridine rings is 1. The largest absolute Gasteiger partial charge is 0.507 e. The summed E-state index contributed by atoms with van der Waals surface area (Å²) in [4.78, 5) is 19.1. The van der Waals surface area contributed by atoms with E-state index in [0.717, 1.165) is 66.5 Å². The van der Waals surface area contributed by atoms with E-state index in [1.54, 1.807) is 12.1 Å². The highest BCUT2D eigenvalue weighted by Crippen LogP contribution is 2.33. The molecule has 0 bridgehead atoms. The summed E-state index contributed by atoms with van der Waals surface area (Å²) >= 11 is 0. The summed E-state index contributed by atoms with van der Waals surface area (Å²) in [5.41, 5.74) is 10.4. The van der Waals surface area contributed by atoms with Crippen molar-refractivity contribution < 1.29 is 5.11 Å². The van der Waals surface area contributed by atoms with Gasteiger partial charge in [0.05, 0.1) is 12.0 Å². The smallest absolute Gasteiger partial charge is 0.227 e. The second-order valence-corrected chi connectivity index (χ2v) is 10.3. The van der Waals surface area contributed by atoms with Crippen molar-refractivity contribution >= 4 is 22.9 Å². The minimum Gasteiger partial charge on any atom is -0.507 e. The van der Waals surface area contributed by atoms with Crippen LogP contribution in [0.25, 0.3) is 22.4 Å². The fourth-order valence-electron chi connectivity index (χ4n) is 5.66. The van der Waals surface area contributed by atoms with Crippen LogP contribution in [0.2, 0.25) is 0 Å². The number of benzene rings is 1. The van der Waals surface area contributed by atoms with Gasteiger partial charge >= 0.3 is 0 Å². The minimum absolute atomic E-state index is 0.223. The molecule has 2 aliphatic carbocycles. The van der Waals surface area contributed by atoms with Crippen molar-refractivity contribution in [3.63, 3.8) is 0 Å². The van der Waals surface area contributed by atoms with Crippen molar-refractivity contribution in [3.05, 3.63) is 54.5 Å². The van der Waals surface area contributed by atoms with Crippen molar-refractivity contribution in [2.45, 2.75) is 76.0 Å². The molecule has 2 atom stereocenters. The van der Waals surface area contributed by atoms with Gasteiger partial charge in [0.15, 0.2) is 17.0 Å². The standard InChI is InChI=1S/C28H34N8O/c29-19-6-5-7-20(14-19)33-28-34-26(25-27(35-28)36(17-32-25)21-8-1-2-9-21)31-16-18-12-13-23(30-15-18)22-10-3-4-11-24(22)37/h3-4,10-13,15,17,19-21,37H,1-2,5-9,14,16,29H2,(H2,31,33,34,35). The lowest BCUT2D eigenvalue weighted by Crippen LogP contribution is -2.35. The van der Waals surface area contributed by atoms with Gasteiger partial charge in [-0.3, -0.25) is 4.98 Å². The summed E-state index contributed by atoms with van der Waals surface area (Å²) < 4.78 is 2.23. The van der Waals surface area contributed by atoms with Crippen LogP contribution in [-0.2, 0) is 6.54 Å². The van der Waals surface area contributed by atoms with E-state index in [1.807, 2.05) is 36.8 Å². The van der Waals surface area contributed by atoms with Crippen molar-refractivity contribution in [1.29, 1.82) is 0 Å². The van der Waals surface area contributed by atoms with Gasteiger partial charge < -0.3 is 26.0 Å². The molecule has 0 amide bonds. The maximum atomic E-state index is 10.1. The van der Waals surface area contributed by atoms with Crippen molar-refractivity contribution in [3.8, 4) is 17.0 Å². The van der Waals surface area contributed by atoms with Crippen molar-refractivity contribution in [2.24, 2.45) is 5.73 Å². The van der Waals surface area contributed by atoms with E-state index in [2.05, 4.69) is 20.2 Å². The quantitative estimate of drug-likeness (QED) is 0.280. The number of nitrogens with zero attached hydrogens (tertiary/aromatic N) is 5. The van der Waals surface area contributed by atoms with Gasteiger partial charge in [0.1, 0.15) is 5.75 Å². The maximum absolute atomic E-state index is 10.1. The number of hydrogen-bond acceptors (Lipinski definition) is 8. The highest BCUT2D eigenvalue weighted by Gasteiger charge is 2.24. The van der Waals surface area contributed by atoms with E-state index in [1.165, 1.54) is 12.8 Å². The summed E-state index contributed by atoms with van der Waals surface area (Å²) in [6.07, 6.45) is 12.8. The molecule has 2 fully saturated rings. The van der Waals surface area contributed by atoms with Gasteiger partial charge in [0, 0.05) is 36.4 Å². The van der Waals surface area contributed by atoms with Crippen LogP contribution in [0.5, 0.6) is 5.75 Å².